The predicted molar refractivity (Wildman–Crippen MR) is 82.2 cm³/mol. The van der Waals surface area contributed by atoms with E-state index >= 15 is 0 Å². The van der Waals surface area contributed by atoms with Crippen molar-refractivity contribution in [3.8, 4) is 5.75 Å². The molecule has 0 aliphatic carbocycles. The van der Waals surface area contributed by atoms with Crippen molar-refractivity contribution in [3.05, 3.63) is 63.6 Å². The summed E-state index contributed by atoms with van der Waals surface area (Å²) in [6, 6.07) is 14.1. The molecule has 0 fully saturated rings. The molecular formula is C16H18BrNO. The second-order valence-electron chi connectivity index (χ2n) is 4.79. The largest absolute Gasteiger partial charge is 0.508 e. The highest BCUT2D eigenvalue weighted by Crippen LogP contribution is 2.21. The number of phenols is 1. The molecule has 100 valence electrons. The summed E-state index contributed by atoms with van der Waals surface area (Å²) in [6.07, 6.45) is 0. The molecule has 0 bridgehead atoms. The Kier molecular flexibility index (Phi) is 4.61. The van der Waals surface area contributed by atoms with Crippen LogP contribution in [0.3, 0.4) is 0 Å². The van der Waals surface area contributed by atoms with Gasteiger partial charge in [-0.2, -0.15) is 0 Å². The topological polar surface area (TPSA) is 32.3 Å². The minimum atomic E-state index is 0.234. The maximum Gasteiger partial charge on any atom is 0.120 e. The number of aromatic hydroxyl groups is 1. The first kappa shape index (κ1) is 14.1. The van der Waals surface area contributed by atoms with E-state index in [1.165, 1.54) is 5.56 Å². The number of hydrogen-bond acceptors (Lipinski definition) is 2. The van der Waals surface area contributed by atoms with Crippen molar-refractivity contribution in [2.45, 2.75) is 26.4 Å². The Morgan fingerprint density at radius 1 is 1.21 bits per heavy atom. The van der Waals surface area contributed by atoms with Gasteiger partial charge in [0.05, 0.1) is 0 Å². The van der Waals surface area contributed by atoms with Gasteiger partial charge in [-0.1, -0.05) is 45.8 Å². The fraction of sp³-hybridized carbons (Fsp3) is 0.250. The quantitative estimate of drug-likeness (QED) is 0.879. The van der Waals surface area contributed by atoms with Crippen molar-refractivity contribution in [1.29, 1.82) is 0 Å². The third-order valence-corrected chi connectivity index (χ3v) is 3.68. The number of halogens is 1. The summed E-state index contributed by atoms with van der Waals surface area (Å²) in [5.41, 5.74) is 3.31. The Morgan fingerprint density at radius 2 is 2.00 bits per heavy atom. The SMILES string of the molecule is Cc1ccc(O)c(CNC(C)c2cccc(Br)c2)c1. The second-order valence-corrected chi connectivity index (χ2v) is 5.71. The molecule has 1 unspecified atom stereocenters. The van der Waals surface area contributed by atoms with E-state index in [1.54, 1.807) is 6.07 Å². The first-order chi connectivity index (χ1) is 9.06. The zero-order valence-electron chi connectivity index (χ0n) is 11.2. The van der Waals surface area contributed by atoms with Crippen LogP contribution in [0.1, 0.15) is 29.7 Å². The number of hydrogen-bond donors (Lipinski definition) is 2. The number of aryl methyl sites for hydroxylation is 1. The Balaban J connectivity index is 2.04. The van der Waals surface area contributed by atoms with Crippen molar-refractivity contribution in [1.82, 2.24) is 5.32 Å². The molecule has 2 nitrogen and oxygen atoms in total. The van der Waals surface area contributed by atoms with Crippen molar-refractivity contribution < 1.29 is 5.11 Å². The smallest absolute Gasteiger partial charge is 0.120 e. The van der Waals surface area contributed by atoms with Crippen LogP contribution in [0.15, 0.2) is 46.9 Å². The number of phenolic OH excluding ortho intramolecular Hbond substituents is 1. The molecule has 0 heterocycles. The molecule has 3 heteroatoms. The summed E-state index contributed by atoms with van der Waals surface area (Å²) < 4.78 is 1.08. The Hall–Kier alpha value is -1.32. The first-order valence-corrected chi connectivity index (χ1v) is 7.13. The van der Waals surface area contributed by atoms with Crippen molar-refractivity contribution in [2.24, 2.45) is 0 Å². The van der Waals surface area contributed by atoms with Crippen LogP contribution in [-0.4, -0.2) is 5.11 Å². The van der Waals surface area contributed by atoms with E-state index in [-0.39, 0.29) is 6.04 Å². The van der Waals surface area contributed by atoms with Crippen molar-refractivity contribution in [3.63, 3.8) is 0 Å². The van der Waals surface area contributed by atoms with E-state index in [0.29, 0.717) is 12.3 Å². The zero-order valence-corrected chi connectivity index (χ0v) is 12.7. The minimum absolute atomic E-state index is 0.234. The van der Waals surface area contributed by atoms with Crippen LogP contribution in [0.25, 0.3) is 0 Å². The summed E-state index contributed by atoms with van der Waals surface area (Å²) >= 11 is 3.48. The number of nitrogens with one attached hydrogen (secondary N) is 1. The molecule has 19 heavy (non-hydrogen) atoms. The lowest BCUT2D eigenvalue weighted by Gasteiger charge is -2.15. The van der Waals surface area contributed by atoms with Gasteiger partial charge in [0.2, 0.25) is 0 Å². The van der Waals surface area contributed by atoms with E-state index in [0.717, 1.165) is 15.6 Å². The van der Waals surface area contributed by atoms with Crippen LogP contribution in [0.4, 0.5) is 0 Å². The van der Waals surface area contributed by atoms with Crippen molar-refractivity contribution in [2.75, 3.05) is 0 Å². The molecular weight excluding hydrogens is 302 g/mol. The van der Waals surface area contributed by atoms with E-state index in [1.807, 2.05) is 31.2 Å². The number of rotatable bonds is 4. The van der Waals surface area contributed by atoms with Crippen LogP contribution in [0.5, 0.6) is 5.75 Å². The molecule has 0 amide bonds. The Morgan fingerprint density at radius 3 is 2.74 bits per heavy atom. The van der Waals surface area contributed by atoms with Gasteiger partial charge >= 0.3 is 0 Å². The monoisotopic (exact) mass is 319 g/mol. The average Bonchev–Trinajstić information content (AvgIpc) is 2.39. The standard InChI is InChI=1S/C16H18BrNO/c1-11-6-7-16(19)14(8-11)10-18-12(2)13-4-3-5-15(17)9-13/h3-9,12,18-19H,10H2,1-2H3. The third kappa shape index (κ3) is 3.82. The molecule has 0 saturated heterocycles. The fourth-order valence-corrected chi connectivity index (χ4v) is 2.43. The van der Waals surface area contributed by atoms with Gasteiger partial charge in [0.25, 0.3) is 0 Å². The van der Waals surface area contributed by atoms with E-state index in [4.69, 9.17) is 0 Å². The Labute approximate surface area is 122 Å². The normalized spacial score (nSPS) is 12.4. The molecule has 0 aromatic heterocycles. The van der Waals surface area contributed by atoms with E-state index in [2.05, 4.69) is 40.3 Å². The molecule has 0 saturated carbocycles. The summed E-state index contributed by atoms with van der Waals surface area (Å²) in [5, 5.41) is 13.2. The molecule has 2 N–H and O–H groups in total. The van der Waals surface area contributed by atoms with Crippen LogP contribution in [0.2, 0.25) is 0 Å². The predicted octanol–water partition coefficient (Wildman–Crippen LogP) is 4.31. The summed E-state index contributed by atoms with van der Waals surface area (Å²) in [5.74, 6) is 0.347. The maximum absolute atomic E-state index is 9.82. The summed E-state index contributed by atoms with van der Waals surface area (Å²) in [4.78, 5) is 0. The zero-order chi connectivity index (χ0) is 13.8. The summed E-state index contributed by atoms with van der Waals surface area (Å²) in [6.45, 7) is 4.80. The average molecular weight is 320 g/mol. The molecule has 2 rings (SSSR count). The molecule has 2 aromatic carbocycles. The molecule has 1 atom stereocenters. The van der Waals surface area contributed by atoms with Crippen LogP contribution in [0, 0.1) is 6.92 Å². The molecule has 2 aromatic rings. The van der Waals surface area contributed by atoms with E-state index < -0.39 is 0 Å². The first-order valence-electron chi connectivity index (χ1n) is 6.33. The van der Waals surface area contributed by atoms with Crippen LogP contribution in [-0.2, 0) is 6.54 Å². The van der Waals surface area contributed by atoms with Gasteiger partial charge in [-0.3, -0.25) is 0 Å². The molecule has 0 radical (unpaired) electrons. The van der Waals surface area contributed by atoms with Gasteiger partial charge in [0, 0.05) is 22.6 Å². The second kappa shape index (κ2) is 6.22. The highest BCUT2D eigenvalue weighted by Gasteiger charge is 2.07. The lowest BCUT2D eigenvalue weighted by atomic mass is 10.1. The number of benzene rings is 2. The molecule has 0 aliphatic rings. The van der Waals surface area contributed by atoms with Gasteiger partial charge in [0.1, 0.15) is 5.75 Å². The highest BCUT2D eigenvalue weighted by molar-refractivity contribution is 9.10. The Bertz CT molecular complexity index is 568. The van der Waals surface area contributed by atoms with Gasteiger partial charge in [-0.25, -0.2) is 0 Å². The highest BCUT2D eigenvalue weighted by atomic mass is 79.9. The lowest BCUT2D eigenvalue weighted by Crippen LogP contribution is -2.18. The van der Waals surface area contributed by atoms with E-state index in [9.17, 15) is 5.11 Å². The third-order valence-electron chi connectivity index (χ3n) is 3.18. The summed E-state index contributed by atoms with van der Waals surface area (Å²) in [7, 11) is 0. The van der Waals surface area contributed by atoms with Gasteiger partial charge in [-0.05, 0) is 37.6 Å². The maximum atomic E-state index is 9.82. The molecule has 0 aliphatic heterocycles. The lowest BCUT2D eigenvalue weighted by molar-refractivity contribution is 0.460. The molecule has 0 spiro atoms. The van der Waals surface area contributed by atoms with Crippen LogP contribution < -0.4 is 5.32 Å². The van der Waals surface area contributed by atoms with Gasteiger partial charge in [-0.15, -0.1) is 0 Å². The fourth-order valence-electron chi connectivity index (χ4n) is 2.01. The van der Waals surface area contributed by atoms with Gasteiger partial charge < -0.3 is 10.4 Å². The van der Waals surface area contributed by atoms with Crippen LogP contribution >= 0.6 is 15.9 Å². The van der Waals surface area contributed by atoms with Crippen molar-refractivity contribution >= 4 is 15.9 Å². The van der Waals surface area contributed by atoms with Gasteiger partial charge in [0.15, 0.2) is 0 Å². The minimum Gasteiger partial charge on any atom is -0.508 e.